The van der Waals surface area contributed by atoms with Crippen LogP contribution in [0.3, 0.4) is 0 Å². The minimum atomic E-state index is -2.71. The quantitative estimate of drug-likeness (QED) is 0.649. The molecule has 1 atom stereocenters. The Bertz CT molecular complexity index is 331. The zero-order valence-electron chi connectivity index (χ0n) is 8.60. The lowest BCUT2D eigenvalue weighted by Gasteiger charge is -2.44. The SMILES string of the molecule is C=C1C=CC=CN[C@@]12CCCCC2(F)F. The van der Waals surface area contributed by atoms with Crippen molar-refractivity contribution in [2.45, 2.75) is 37.1 Å². The second-order valence-corrected chi connectivity index (χ2v) is 4.20. The van der Waals surface area contributed by atoms with E-state index in [-0.39, 0.29) is 6.42 Å². The first-order valence-electron chi connectivity index (χ1n) is 5.27. The van der Waals surface area contributed by atoms with E-state index >= 15 is 0 Å². The molecule has 1 heterocycles. The summed E-state index contributed by atoms with van der Waals surface area (Å²) in [5.41, 5.74) is -0.772. The summed E-state index contributed by atoms with van der Waals surface area (Å²) in [4.78, 5) is 0. The summed E-state index contributed by atoms with van der Waals surface area (Å²) in [7, 11) is 0. The van der Waals surface area contributed by atoms with Crippen LogP contribution in [0, 0.1) is 0 Å². The Morgan fingerprint density at radius 2 is 1.93 bits per heavy atom. The minimum Gasteiger partial charge on any atom is -0.376 e. The Morgan fingerprint density at radius 1 is 1.20 bits per heavy atom. The molecule has 0 amide bonds. The van der Waals surface area contributed by atoms with Crippen molar-refractivity contribution >= 4 is 0 Å². The summed E-state index contributed by atoms with van der Waals surface area (Å²) in [5, 5.41) is 2.84. The Hall–Kier alpha value is -1.12. The maximum absolute atomic E-state index is 14.0. The van der Waals surface area contributed by atoms with Crippen LogP contribution in [-0.2, 0) is 0 Å². The summed E-state index contributed by atoms with van der Waals surface area (Å²) in [6, 6.07) is 0. The third kappa shape index (κ3) is 1.50. The smallest absolute Gasteiger partial charge is 0.274 e. The van der Waals surface area contributed by atoms with Crippen LogP contribution < -0.4 is 5.32 Å². The second kappa shape index (κ2) is 3.47. The highest BCUT2D eigenvalue weighted by molar-refractivity contribution is 5.37. The van der Waals surface area contributed by atoms with Crippen molar-refractivity contribution < 1.29 is 8.78 Å². The zero-order chi connectivity index (χ0) is 10.9. The van der Waals surface area contributed by atoms with Gasteiger partial charge >= 0.3 is 0 Å². The van der Waals surface area contributed by atoms with E-state index in [4.69, 9.17) is 0 Å². The standard InChI is InChI=1S/C12H15F2N/c1-10-6-2-5-9-15-11(10)7-3-4-8-12(11,13)14/h2,5-6,9,15H,1,3-4,7-8H2/t11-/m0/s1. The highest BCUT2D eigenvalue weighted by atomic mass is 19.3. The van der Waals surface area contributed by atoms with Gasteiger partial charge in [-0.15, -0.1) is 0 Å². The minimum absolute atomic E-state index is 0.0549. The molecule has 1 spiro atoms. The molecule has 0 radical (unpaired) electrons. The van der Waals surface area contributed by atoms with Gasteiger partial charge < -0.3 is 5.32 Å². The molecule has 82 valence electrons. The predicted octanol–water partition coefficient (Wildman–Crippen LogP) is 3.16. The van der Waals surface area contributed by atoms with Gasteiger partial charge in [0.2, 0.25) is 0 Å². The lowest BCUT2D eigenvalue weighted by Crippen LogP contribution is -2.59. The van der Waals surface area contributed by atoms with Crippen molar-refractivity contribution in [3.05, 3.63) is 36.6 Å². The third-order valence-electron chi connectivity index (χ3n) is 3.30. The lowest BCUT2D eigenvalue weighted by molar-refractivity contribution is -0.0952. The molecule has 0 aromatic heterocycles. The Morgan fingerprint density at radius 3 is 2.67 bits per heavy atom. The van der Waals surface area contributed by atoms with Gasteiger partial charge in [-0.3, -0.25) is 0 Å². The van der Waals surface area contributed by atoms with Crippen molar-refractivity contribution in [2.24, 2.45) is 0 Å². The summed E-state index contributed by atoms with van der Waals surface area (Å²) < 4.78 is 28.0. The Kier molecular flexibility index (Phi) is 2.41. The summed E-state index contributed by atoms with van der Waals surface area (Å²) >= 11 is 0. The van der Waals surface area contributed by atoms with Gasteiger partial charge in [-0.2, -0.15) is 0 Å². The van der Waals surface area contributed by atoms with Crippen LogP contribution in [0.4, 0.5) is 8.78 Å². The van der Waals surface area contributed by atoms with Crippen molar-refractivity contribution in [1.29, 1.82) is 0 Å². The van der Waals surface area contributed by atoms with Gasteiger partial charge in [-0.05, 0) is 30.7 Å². The van der Waals surface area contributed by atoms with Gasteiger partial charge in [-0.1, -0.05) is 25.2 Å². The van der Waals surface area contributed by atoms with Crippen LogP contribution in [0.15, 0.2) is 36.6 Å². The molecule has 0 unspecified atom stereocenters. The number of hydrogen-bond donors (Lipinski definition) is 1. The first kappa shape index (κ1) is 10.4. The molecule has 0 aromatic rings. The molecule has 1 fully saturated rings. The molecule has 0 saturated heterocycles. The van der Waals surface area contributed by atoms with Gasteiger partial charge in [0, 0.05) is 6.42 Å². The fourth-order valence-electron chi connectivity index (χ4n) is 2.36. The molecule has 1 saturated carbocycles. The number of alkyl halides is 2. The molecule has 2 aliphatic rings. The van der Waals surface area contributed by atoms with E-state index in [1.54, 1.807) is 24.4 Å². The molecular formula is C12H15F2N. The Balaban J connectivity index is 2.40. The maximum atomic E-state index is 14.0. The number of allylic oxidation sites excluding steroid dienone is 2. The summed E-state index contributed by atoms with van der Waals surface area (Å²) in [5.74, 6) is -2.71. The van der Waals surface area contributed by atoms with Crippen LogP contribution in [0.25, 0.3) is 0 Å². The van der Waals surface area contributed by atoms with E-state index < -0.39 is 11.5 Å². The third-order valence-corrected chi connectivity index (χ3v) is 3.30. The van der Waals surface area contributed by atoms with Crippen molar-refractivity contribution in [3.63, 3.8) is 0 Å². The van der Waals surface area contributed by atoms with Gasteiger partial charge in [0.15, 0.2) is 0 Å². The topological polar surface area (TPSA) is 12.0 Å². The fraction of sp³-hybridized carbons (Fsp3) is 0.500. The van der Waals surface area contributed by atoms with Gasteiger partial charge in [0.25, 0.3) is 5.92 Å². The highest BCUT2D eigenvalue weighted by Gasteiger charge is 2.55. The van der Waals surface area contributed by atoms with Gasteiger partial charge in [0.1, 0.15) is 5.54 Å². The van der Waals surface area contributed by atoms with Crippen LogP contribution in [-0.4, -0.2) is 11.5 Å². The van der Waals surface area contributed by atoms with E-state index in [0.29, 0.717) is 18.4 Å². The van der Waals surface area contributed by atoms with E-state index in [0.717, 1.165) is 6.42 Å². The van der Waals surface area contributed by atoms with Crippen LogP contribution in [0.2, 0.25) is 0 Å². The van der Waals surface area contributed by atoms with E-state index in [1.807, 2.05) is 0 Å². The number of hydrogen-bond acceptors (Lipinski definition) is 1. The van der Waals surface area contributed by atoms with E-state index in [9.17, 15) is 8.78 Å². The first-order chi connectivity index (χ1) is 7.08. The molecule has 1 nitrogen and oxygen atoms in total. The highest BCUT2D eigenvalue weighted by Crippen LogP contribution is 2.46. The van der Waals surface area contributed by atoms with Gasteiger partial charge in [-0.25, -0.2) is 8.78 Å². The normalized spacial score (nSPS) is 33.9. The van der Waals surface area contributed by atoms with Crippen LogP contribution in [0.5, 0.6) is 0 Å². The second-order valence-electron chi connectivity index (χ2n) is 4.20. The first-order valence-corrected chi connectivity index (χ1v) is 5.27. The maximum Gasteiger partial charge on any atom is 0.274 e. The number of nitrogens with one attached hydrogen (secondary N) is 1. The zero-order valence-corrected chi connectivity index (χ0v) is 8.60. The summed E-state index contributed by atoms with van der Waals surface area (Å²) in [6.45, 7) is 3.78. The van der Waals surface area contributed by atoms with E-state index in [1.165, 1.54) is 0 Å². The fourth-order valence-corrected chi connectivity index (χ4v) is 2.36. The Labute approximate surface area is 88.6 Å². The monoisotopic (exact) mass is 211 g/mol. The van der Waals surface area contributed by atoms with Crippen molar-refractivity contribution in [3.8, 4) is 0 Å². The lowest BCUT2D eigenvalue weighted by atomic mass is 9.73. The average Bonchev–Trinajstić information content (AvgIpc) is 2.36. The molecule has 2 rings (SSSR count). The molecular weight excluding hydrogens is 196 g/mol. The van der Waals surface area contributed by atoms with Crippen molar-refractivity contribution in [2.75, 3.05) is 0 Å². The molecule has 1 N–H and O–H groups in total. The molecule has 3 heteroatoms. The van der Waals surface area contributed by atoms with Crippen LogP contribution >= 0.6 is 0 Å². The predicted molar refractivity (Wildman–Crippen MR) is 56.7 cm³/mol. The van der Waals surface area contributed by atoms with Crippen LogP contribution in [0.1, 0.15) is 25.7 Å². The van der Waals surface area contributed by atoms with E-state index in [2.05, 4.69) is 11.9 Å². The molecule has 1 aliphatic carbocycles. The molecule has 1 aliphatic heterocycles. The van der Waals surface area contributed by atoms with Gasteiger partial charge in [0.05, 0.1) is 0 Å². The number of halogens is 2. The number of rotatable bonds is 0. The van der Waals surface area contributed by atoms with Crippen molar-refractivity contribution in [1.82, 2.24) is 5.32 Å². The largest absolute Gasteiger partial charge is 0.376 e. The molecule has 15 heavy (non-hydrogen) atoms. The molecule has 0 bridgehead atoms. The average molecular weight is 211 g/mol. The summed E-state index contributed by atoms with van der Waals surface area (Å²) in [6.07, 6.45) is 8.55. The molecule has 0 aromatic carbocycles.